The van der Waals surface area contributed by atoms with Crippen LogP contribution in [-0.2, 0) is 20.8 Å². The van der Waals surface area contributed by atoms with Crippen LogP contribution in [0.2, 0.25) is 0 Å². The van der Waals surface area contributed by atoms with E-state index in [1.165, 1.54) is 32.1 Å². The number of para-hydroxylation sites is 1. The van der Waals surface area contributed by atoms with E-state index < -0.39 is 20.8 Å². The Bertz CT molecular complexity index is 495. The van der Waals surface area contributed by atoms with Gasteiger partial charge in [0.05, 0.1) is 6.04 Å². The summed E-state index contributed by atoms with van der Waals surface area (Å²) in [5, 5.41) is 9.94. The number of rotatable bonds is 2. The summed E-state index contributed by atoms with van der Waals surface area (Å²) in [7, 11) is 9.87. The van der Waals surface area contributed by atoms with Crippen LogP contribution in [0.25, 0.3) is 0 Å². The molecule has 0 spiro atoms. The Labute approximate surface area is 145 Å². The number of hydrogen-bond acceptors (Lipinski definition) is 2. The van der Waals surface area contributed by atoms with E-state index in [2.05, 4.69) is 4.99 Å². The van der Waals surface area contributed by atoms with Gasteiger partial charge in [0.15, 0.2) is 0 Å². The van der Waals surface area contributed by atoms with Crippen molar-refractivity contribution in [3.63, 3.8) is 0 Å². The van der Waals surface area contributed by atoms with Crippen molar-refractivity contribution in [2.75, 3.05) is 0 Å². The van der Waals surface area contributed by atoms with Gasteiger partial charge >= 0.3 is 37.9 Å². The van der Waals surface area contributed by atoms with Crippen molar-refractivity contribution in [2.24, 2.45) is 16.8 Å². The maximum absolute atomic E-state index is 9.94. The van der Waals surface area contributed by atoms with Crippen LogP contribution in [0.4, 0.5) is 0 Å². The summed E-state index contributed by atoms with van der Waals surface area (Å²) in [4.78, 5) is 4.69. The van der Waals surface area contributed by atoms with Crippen LogP contribution < -0.4 is 0 Å². The minimum atomic E-state index is -0.826. The summed E-state index contributed by atoms with van der Waals surface area (Å²) in [6.45, 7) is 1.92. The molecule has 1 aromatic carbocycles. The molecule has 3 atom stereocenters. The van der Waals surface area contributed by atoms with E-state index in [0.29, 0.717) is 11.8 Å². The van der Waals surface area contributed by atoms with Crippen LogP contribution in [0.3, 0.4) is 0 Å². The van der Waals surface area contributed by atoms with Gasteiger partial charge in [0.25, 0.3) is 0 Å². The van der Waals surface area contributed by atoms with E-state index in [0.717, 1.165) is 23.0 Å². The monoisotopic (exact) mass is 403 g/mol. The molecule has 0 aromatic heterocycles. The SMILES string of the molecule is Cc1cccc(C=NC2CCC3CCC3C2)c1O.[Cl][Zr][Cl]. The van der Waals surface area contributed by atoms with E-state index in [1.54, 1.807) is 0 Å². The van der Waals surface area contributed by atoms with Gasteiger partial charge in [0.1, 0.15) is 5.75 Å². The van der Waals surface area contributed by atoms with E-state index in [9.17, 15) is 5.11 Å². The third-order valence-electron chi connectivity index (χ3n) is 4.71. The summed E-state index contributed by atoms with van der Waals surface area (Å²) in [5.74, 6) is 2.31. The summed E-state index contributed by atoms with van der Waals surface area (Å²) in [6.07, 6.45) is 8.56. The molecule has 1 aromatic rings. The van der Waals surface area contributed by atoms with E-state index in [-0.39, 0.29) is 0 Å². The molecule has 0 amide bonds. The Morgan fingerprint density at radius 1 is 1.19 bits per heavy atom. The zero-order valence-corrected chi connectivity index (χ0v) is 16.2. The molecule has 2 saturated carbocycles. The second kappa shape index (κ2) is 8.70. The molecule has 0 aliphatic heterocycles. The van der Waals surface area contributed by atoms with Gasteiger partial charge in [-0.3, -0.25) is 4.99 Å². The Morgan fingerprint density at radius 3 is 2.48 bits per heavy atom. The fourth-order valence-electron chi connectivity index (χ4n) is 3.31. The molecule has 2 fully saturated rings. The summed E-state index contributed by atoms with van der Waals surface area (Å²) in [5.41, 5.74) is 1.77. The van der Waals surface area contributed by atoms with Gasteiger partial charge in [-0.15, -0.1) is 0 Å². The van der Waals surface area contributed by atoms with Gasteiger partial charge in [-0.2, -0.15) is 0 Å². The number of phenols is 1. The fourth-order valence-corrected chi connectivity index (χ4v) is 3.31. The minimum absolute atomic E-state index is 0.374. The van der Waals surface area contributed by atoms with Gasteiger partial charge < -0.3 is 5.11 Å². The molecule has 0 bridgehead atoms. The molecule has 114 valence electrons. The molecule has 1 N–H and O–H groups in total. The number of fused-ring (bicyclic) bond motifs is 1. The van der Waals surface area contributed by atoms with Crippen molar-refractivity contribution in [1.82, 2.24) is 0 Å². The number of phenolic OH excluding ortho intramolecular Hbond substituents is 1. The predicted molar refractivity (Wildman–Crippen MR) is 86.0 cm³/mol. The molecule has 2 nitrogen and oxygen atoms in total. The van der Waals surface area contributed by atoms with Crippen LogP contribution in [0, 0.1) is 18.8 Å². The average molecular weight is 405 g/mol. The first-order valence-electron chi connectivity index (χ1n) is 7.43. The van der Waals surface area contributed by atoms with E-state index >= 15 is 0 Å². The molecule has 2 aliphatic rings. The third-order valence-corrected chi connectivity index (χ3v) is 4.71. The van der Waals surface area contributed by atoms with Crippen molar-refractivity contribution in [1.29, 1.82) is 0 Å². The number of aromatic hydroxyl groups is 1. The number of benzene rings is 1. The van der Waals surface area contributed by atoms with Crippen LogP contribution in [0.5, 0.6) is 5.75 Å². The first-order valence-corrected chi connectivity index (χ1v) is 13.8. The fraction of sp³-hybridized carbons (Fsp3) is 0.562. The van der Waals surface area contributed by atoms with Crippen LogP contribution in [0.1, 0.15) is 43.2 Å². The first kappa shape index (κ1) is 17.5. The Morgan fingerprint density at radius 2 is 1.86 bits per heavy atom. The predicted octanol–water partition coefficient (Wildman–Crippen LogP) is 5.07. The van der Waals surface area contributed by atoms with Crippen LogP contribution in [0.15, 0.2) is 23.2 Å². The zero-order chi connectivity index (χ0) is 15.2. The van der Waals surface area contributed by atoms with Gasteiger partial charge in [0, 0.05) is 11.8 Å². The molecule has 2 aliphatic carbocycles. The topological polar surface area (TPSA) is 32.6 Å². The maximum atomic E-state index is 9.94. The normalized spacial score (nSPS) is 27.3. The van der Waals surface area contributed by atoms with Gasteiger partial charge in [-0.05, 0) is 62.5 Å². The second-order valence-electron chi connectivity index (χ2n) is 5.93. The standard InChI is InChI=1S/C16H21NO.2ClH.Zr/c1-11-3-2-4-14(16(11)18)10-17-15-8-7-12-5-6-13(12)9-15;;;/h2-4,10,12-13,15,18H,5-9H2,1H3;2*1H;/q;;;+2/p-2. The second-order valence-corrected chi connectivity index (χ2v) is 9.66. The van der Waals surface area contributed by atoms with Gasteiger partial charge in [-0.25, -0.2) is 0 Å². The van der Waals surface area contributed by atoms with Gasteiger partial charge in [-0.1, -0.05) is 12.1 Å². The summed E-state index contributed by atoms with van der Waals surface area (Å²) < 4.78 is 0. The van der Waals surface area contributed by atoms with Crippen molar-refractivity contribution >= 4 is 23.2 Å². The number of aliphatic imine (C=N–C) groups is 1. The van der Waals surface area contributed by atoms with E-state index in [1.807, 2.05) is 31.3 Å². The Balaban J connectivity index is 0.000000497. The average Bonchev–Trinajstić information content (AvgIpc) is 2.44. The van der Waals surface area contributed by atoms with E-state index in [4.69, 9.17) is 17.0 Å². The molecule has 21 heavy (non-hydrogen) atoms. The molecule has 5 heteroatoms. The van der Waals surface area contributed by atoms with Crippen molar-refractivity contribution in [3.8, 4) is 5.75 Å². The molecule has 0 saturated heterocycles. The molecular formula is C16H21Cl2NOZr. The number of hydrogen-bond donors (Lipinski definition) is 1. The first-order chi connectivity index (χ1) is 10.2. The van der Waals surface area contributed by atoms with Crippen molar-refractivity contribution < 1.29 is 26.0 Å². The Kier molecular flexibility index (Phi) is 7.25. The Hall–Kier alpha value is 0.153. The number of halogens is 2. The molecule has 3 unspecified atom stereocenters. The van der Waals surface area contributed by atoms with Gasteiger partial charge in [0.2, 0.25) is 0 Å². The van der Waals surface area contributed by atoms with Crippen molar-refractivity contribution in [2.45, 2.75) is 45.1 Å². The summed E-state index contributed by atoms with van der Waals surface area (Å²) >= 11 is -0.826. The number of nitrogens with zero attached hydrogens (tertiary/aromatic N) is 1. The molecule has 3 rings (SSSR count). The summed E-state index contributed by atoms with van der Waals surface area (Å²) in [6, 6.07) is 6.30. The third kappa shape index (κ3) is 4.81. The van der Waals surface area contributed by atoms with Crippen molar-refractivity contribution in [3.05, 3.63) is 29.3 Å². The molecule has 0 heterocycles. The molecule has 0 radical (unpaired) electrons. The number of aryl methyl sites for hydroxylation is 1. The van der Waals surface area contributed by atoms with Crippen LogP contribution >= 0.6 is 17.0 Å². The van der Waals surface area contributed by atoms with Crippen LogP contribution in [-0.4, -0.2) is 17.4 Å². The quantitative estimate of drug-likeness (QED) is 0.684. The zero-order valence-electron chi connectivity index (χ0n) is 12.2. The molecular weight excluding hydrogens is 384 g/mol.